The molecule has 0 aliphatic heterocycles. The first-order valence-corrected chi connectivity index (χ1v) is 9.11. The van der Waals surface area contributed by atoms with Crippen molar-refractivity contribution < 1.29 is 9.59 Å². The molecule has 3 aromatic rings. The summed E-state index contributed by atoms with van der Waals surface area (Å²) in [4.78, 5) is 24.1. The minimum Gasteiger partial charge on any atom is -0.326 e. The van der Waals surface area contributed by atoms with Crippen molar-refractivity contribution in [3.63, 3.8) is 0 Å². The molecule has 0 heterocycles. The molecule has 0 fully saturated rings. The lowest BCUT2D eigenvalue weighted by atomic mass is 10.1. The number of nitrogens with one attached hydrogen (secondary N) is 2. The molecule has 0 aliphatic carbocycles. The lowest BCUT2D eigenvalue weighted by Crippen LogP contribution is -2.41. The van der Waals surface area contributed by atoms with Gasteiger partial charge in [-0.15, -0.1) is 0 Å². The molecule has 0 saturated carbocycles. The second-order valence-corrected chi connectivity index (χ2v) is 6.53. The number of rotatable bonds is 7. The average molecular weight is 373 g/mol. The lowest BCUT2D eigenvalue weighted by Gasteiger charge is -2.23. The van der Waals surface area contributed by atoms with Crippen LogP contribution in [-0.2, 0) is 17.9 Å². The van der Waals surface area contributed by atoms with Gasteiger partial charge in [-0.05, 0) is 29.3 Å². The van der Waals surface area contributed by atoms with Crippen molar-refractivity contribution in [1.29, 1.82) is 0 Å². The lowest BCUT2D eigenvalue weighted by molar-refractivity contribution is -0.114. The number of benzene rings is 3. The van der Waals surface area contributed by atoms with Crippen LogP contribution in [0.1, 0.15) is 28.4 Å². The summed E-state index contributed by atoms with van der Waals surface area (Å²) in [6.45, 7) is 2.59. The first kappa shape index (κ1) is 19.3. The van der Waals surface area contributed by atoms with E-state index >= 15 is 0 Å². The Labute approximate surface area is 165 Å². The third-order valence-corrected chi connectivity index (χ3v) is 4.14. The maximum atomic E-state index is 12.8. The van der Waals surface area contributed by atoms with Gasteiger partial charge in [0.2, 0.25) is 5.91 Å². The van der Waals surface area contributed by atoms with Crippen LogP contribution in [-0.4, -0.2) is 16.8 Å². The maximum Gasteiger partial charge on any atom is 0.265 e. The molecular weight excluding hydrogens is 350 g/mol. The van der Waals surface area contributed by atoms with Gasteiger partial charge in [0, 0.05) is 31.3 Å². The summed E-state index contributed by atoms with van der Waals surface area (Å²) in [7, 11) is 0. The van der Waals surface area contributed by atoms with Gasteiger partial charge in [0.15, 0.2) is 0 Å². The van der Waals surface area contributed by atoms with Crippen LogP contribution in [0, 0.1) is 0 Å². The van der Waals surface area contributed by atoms with E-state index in [1.54, 1.807) is 24.3 Å². The van der Waals surface area contributed by atoms with Gasteiger partial charge in [-0.2, -0.15) is 0 Å². The minimum atomic E-state index is -0.223. The van der Waals surface area contributed by atoms with Gasteiger partial charge in [0.1, 0.15) is 0 Å². The highest BCUT2D eigenvalue weighted by atomic mass is 16.2. The van der Waals surface area contributed by atoms with E-state index < -0.39 is 0 Å². The van der Waals surface area contributed by atoms with E-state index in [2.05, 4.69) is 10.7 Å². The fourth-order valence-electron chi connectivity index (χ4n) is 2.89. The Balaban J connectivity index is 1.76. The van der Waals surface area contributed by atoms with Gasteiger partial charge < -0.3 is 5.32 Å². The number of hydrogen-bond acceptors (Lipinski definition) is 3. The van der Waals surface area contributed by atoms with E-state index in [0.29, 0.717) is 24.3 Å². The Kier molecular flexibility index (Phi) is 6.54. The van der Waals surface area contributed by atoms with Crippen LogP contribution in [0.5, 0.6) is 0 Å². The summed E-state index contributed by atoms with van der Waals surface area (Å²) in [6, 6.07) is 26.9. The average Bonchev–Trinajstić information content (AvgIpc) is 2.69. The van der Waals surface area contributed by atoms with E-state index in [1.165, 1.54) is 6.92 Å². The number of carbonyl (C=O) groups is 2. The molecule has 0 aliphatic rings. The van der Waals surface area contributed by atoms with Crippen molar-refractivity contribution in [2.24, 2.45) is 0 Å². The number of nitrogens with zero attached hydrogens (tertiary/aromatic N) is 1. The second-order valence-electron chi connectivity index (χ2n) is 6.53. The monoisotopic (exact) mass is 373 g/mol. The molecule has 0 unspecified atom stereocenters. The van der Waals surface area contributed by atoms with Gasteiger partial charge in [0.25, 0.3) is 5.91 Å². The topological polar surface area (TPSA) is 61.4 Å². The molecule has 0 bridgehead atoms. The number of hydrazine groups is 1. The fourth-order valence-corrected chi connectivity index (χ4v) is 2.89. The first-order chi connectivity index (χ1) is 13.6. The van der Waals surface area contributed by atoms with Crippen molar-refractivity contribution in [1.82, 2.24) is 10.4 Å². The van der Waals surface area contributed by atoms with E-state index in [0.717, 1.165) is 11.1 Å². The van der Waals surface area contributed by atoms with Crippen LogP contribution in [0.25, 0.3) is 0 Å². The summed E-state index contributed by atoms with van der Waals surface area (Å²) in [5.74, 6) is -0.397. The Morgan fingerprint density at radius 1 is 0.786 bits per heavy atom. The highest BCUT2D eigenvalue weighted by Crippen LogP contribution is 2.12. The van der Waals surface area contributed by atoms with Gasteiger partial charge in [-0.3, -0.25) is 15.0 Å². The van der Waals surface area contributed by atoms with Crippen LogP contribution < -0.4 is 10.7 Å². The van der Waals surface area contributed by atoms with Crippen LogP contribution in [0.3, 0.4) is 0 Å². The quantitative estimate of drug-likeness (QED) is 0.616. The Hall–Kier alpha value is -3.44. The van der Waals surface area contributed by atoms with E-state index in [4.69, 9.17) is 0 Å². The molecule has 5 heteroatoms. The van der Waals surface area contributed by atoms with Gasteiger partial charge in [-0.1, -0.05) is 66.7 Å². The van der Waals surface area contributed by atoms with Gasteiger partial charge in [0.05, 0.1) is 0 Å². The Morgan fingerprint density at radius 3 is 1.89 bits per heavy atom. The van der Waals surface area contributed by atoms with Crippen molar-refractivity contribution in [2.45, 2.75) is 20.0 Å². The Bertz CT molecular complexity index is 885. The zero-order valence-corrected chi connectivity index (χ0v) is 15.8. The SMILES string of the molecule is CC(=O)Nc1cccc(C(=O)NN(Cc2ccccc2)Cc2ccccc2)c1. The molecule has 0 saturated heterocycles. The molecule has 0 spiro atoms. The molecular formula is C23H23N3O2. The molecule has 3 aromatic carbocycles. The number of hydrogen-bond donors (Lipinski definition) is 2. The second kappa shape index (κ2) is 9.48. The van der Waals surface area contributed by atoms with Gasteiger partial charge >= 0.3 is 0 Å². The van der Waals surface area contributed by atoms with Crippen LogP contribution >= 0.6 is 0 Å². The summed E-state index contributed by atoms with van der Waals surface area (Å²) >= 11 is 0. The van der Waals surface area contributed by atoms with Crippen LogP contribution in [0.15, 0.2) is 84.9 Å². The molecule has 0 radical (unpaired) electrons. The molecule has 28 heavy (non-hydrogen) atoms. The predicted octanol–water partition coefficient (Wildman–Crippen LogP) is 3.99. The summed E-state index contributed by atoms with van der Waals surface area (Å²) < 4.78 is 0. The molecule has 0 aromatic heterocycles. The molecule has 3 rings (SSSR count). The largest absolute Gasteiger partial charge is 0.326 e. The first-order valence-electron chi connectivity index (χ1n) is 9.11. The summed E-state index contributed by atoms with van der Waals surface area (Å²) in [6.07, 6.45) is 0. The highest BCUT2D eigenvalue weighted by molar-refractivity contribution is 5.96. The predicted molar refractivity (Wildman–Crippen MR) is 110 cm³/mol. The standard InChI is InChI=1S/C23H23N3O2/c1-18(27)24-22-14-8-13-21(15-22)23(28)25-26(16-19-9-4-2-5-10-19)17-20-11-6-3-7-12-20/h2-15H,16-17H2,1H3,(H,24,27)(H,25,28). The molecule has 2 amide bonds. The summed E-state index contributed by atoms with van der Waals surface area (Å²) in [5, 5.41) is 4.59. The van der Waals surface area contributed by atoms with E-state index in [-0.39, 0.29) is 11.8 Å². The van der Waals surface area contributed by atoms with Crippen LogP contribution in [0.4, 0.5) is 5.69 Å². The zero-order valence-electron chi connectivity index (χ0n) is 15.8. The van der Waals surface area contributed by atoms with Gasteiger partial charge in [-0.25, -0.2) is 5.01 Å². The normalized spacial score (nSPS) is 10.5. The third kappa shape index (κ3) is 5.79. The maximum absolute atomic E-state index is 12.8. The third-order valence-electron chi connectivity index (χ3n) is 4.14. The van der Waals surface area contributed by atoms with E-state index in [1.807, 2.05) is 65.7 Å². The molecule has 2 N–H and O–H groups in total. The molecule has 5 nitrogen and oxygen atoms in total. The highest BCUT2D eigenvalue weighted by Gasteiger charge is 2.13. The smallest absolute Gasteiger partial charge is 0.265 e. The van der Waals surface area contributed by atoms with Crippen molar-refractivity contribution >= 4 is 17.5 Å². The Morgan fingerprint density at radius 2 is 1.36 bits per heavy atom. The fraction of sp³-hybridized carbons (Fsp3) is 0.130. The van der Waals surface area contributed by atoms with E-state index in [9.17, 15) is 9.59 Å². The minimum absolute atomic E-state index is 0.174. The van der Waals surface area contributed by atoms with Crippen LogP contribution in [0.2, 0.25) is 0 Å². The van der Waals surface area contributed by atoms with Crippen molar-refractivity contribution in [2.75, 3.05) is 5.32 Å². The number of anilines is 1. The number of amides is 2. The number of carbonyl (C=O) groups excluding carboxylic acids is 2. The molecule has 142 valence electrons. The zero-order chi connectivity index (χ0) is 19.8. The summed E-state index contributed by atoms with van der Waals surface area (Å²) in [5.41, 5.74) is 6.28. The van der Waals surface area contributed by atoms with Crippen molar-refractivity contribution in [3.05, 3.63) is 102 Å². The molecule has 0 atom stereocenters. The van der Waals surface area contributed by atoms with Crippen molar-refractivity contribution in [3.8, 4) is 0 Å².